The third kappa shape index (κ3) is 4.70. The molecule has 2 heteroatoms. The molecule has 0 aromatic heterocycles. The van der Waals surface area contributed by atoms with Gasteiger partial charge in [-0.3, -0.25) is 0 Å². The van der Waals surface area contributed by atoms with Crippen LogP contribution >= 0.6 is 12.4 Å². The molecule has 0 fully saturated rings. The average Bonchev–Trinajstić information content (AvgIpc) is 2.41. The molecule has 1 unspecified atom stereocenters. The minimum Gasteiger partial charge on any atom is -0.302 e. The van der Waals surface area contributed by atoms with E-state index in [1.54, 1.807) is 0 Å². The lowest BCUT2D eigenvalue weighted by Crippen LogP contribution is -2.20. The molecule has 2 rings (SSSR count). The summed E-state index contributed by atoms with van der Waals surface area (Å²) in [5.74, 6) is 0. The quantitative estimate of drug-likeness (QED) is 0.784. The minimum absolute atomic E-state index is 0. The van der Waals surface area contributed by atoms with Gasteiger partial charge in [-0.25, -0.2) is 0 Å². The summed E-state index contributed by atoms with van der Waals surface area (Å²) < 4.78 is 0. The van der Waals surface area contributed by atoms with E-state index in [4.69, 9.17) is 0 Å². The second kappa shape index (κ2) is 7.98. The third-order valence-corrected chi connectivity index (χ3v) is 3.36. The van der Waals surface area contributed by atoms with E-state index in [1.807, 2.05) is 0 Å². The molecule has 0 saturated heterocycles. The zero-order valence-electron chi connectivity index (χ0n) is 11.6. The molecule has 2 aromatic rings. The first-order valence-corrected chi connectivity index (χ1v) is 6.52. The normalized spacial score (nSPS) is 11.9. The summed E-state index contributed by atoms with van der Waals surface area (Å²) in [4.78, 5) is 2.30. The Morgan fingerprint density at radius 3 is 1.89 bits per heavy atom. The summed E-state index contributed by atoms with van der Waals surface area (Å²) >= 11 is 0. The minimum atomic E-state index is 0. The van der Waals surface area contributed by atoms with Gasteiger partial charge in [-0.2, -0.15) is 0 Å². The highest BCUT2D eigenvalue weighted by atomic mass is 35.5. The van der Waals surface area contributed by atoms with E-state index in [0.29, 0.717) is 6.04 Å². The number of hydrogen-bond donors (Lipinski definition) is 0. The van der Waals surface area contributed by atoms with E-state index in [9.17, 15) is 0 Å². The summed E-state index contributed by atoms with van der Waals surface area (Å²) in [5.41, 5.74) is 2.82. The maximum Gasteiger partial charge on any atom is 0.0345 e. The van der Waals surface area contributed by atoms with Crippen LogP contribution < -0.4 is 0 Å². The number of aryl methyl sites for hydroxylation is 1. The summed E-state index contributed by atoms with van der Waals surface area (Å²) in [5, 5.41) is 0. The Morgan fingerprint density at radius 1 is 0.842 bits per heavy atom. The van der Waals surface area contributed by atoms with Gasteiger partial charge in [-0.05, 0) is 38.1 Å². The van der Waals surface area contributed by atoms with Crippen LogP contribution in [0.25, 0.3) is 0 Å². The van der Waals surface area contributed by atoms with Crippen LogP contribution in [0.3, 0.4) is 0 Å². The van der Waals surface area contributed by atoms with Gasteiger partial charge < -0.3 is 4.90 Å². The van der Waals surface area contributed by atoms with Crippen molar-refractivity contribution in [2.24, 2.45) is 0 Å². The van der Waals surface area contributed by atoms with Gasteiger partial charge >= 0.3 is 0 Å². The van der Waals surface area contributed by atoms with E-state index >= 15 is 0 Å². The van der Waals surface area contributed by atoms with Crippen LogP contribution in [0, 0.1) is 0 Å². The molecule has 0 bridgehead atoms. The van der Waals surface area contributed by atoms with E-state index in [2.05, 4.69) is 79.7 Å². The topological polar surface area (TPSA) is 3.24 Å². The van der Waals surface area contributed by atoms with E-state index in [1.165, 1.54) is 11.1 Å². The second-order valence-corrected chi connectivity index (χ2v) is 4.91. The number of benzene rings is 2. The van der Waals surface area contributed by atoms with Gasteiger partial charge in [-0.1, -0.05) is 60.7 Å². The van der Waals surface area contributed by atoms with Crippen molar-refractivity contribution in [1.82, 2.24) is 4.90 Å². The molecule has 0 spiro atoms. The van der Waals surface area contributed by atoms with Crippen LogP contribution in [0.2, 0.25) is 0 Å². The van der Waals surface area contributed by atoms with Crippen LogP contribution in [-0.4, -0.2) is 19.0 Å². The van der Waals surface area contributed by atoms with Gasteiger partial charge in [0.05, 0.1) is 0 Å². The fourth-order valence-corrected chi connectivity index (χ4v) is 2.35. The highest BCUT2D eigenvalue weighted by Gasteiger charge is 2.13. The first-order chi connectivity index (χ1) is 8.77. The standard InChI is InChI=1S/C17H21N.ClH/c1-18(2)17(16-11-7-4-8-12-16)14-13-15-9-5-3-6-10-15;/h3-12,17H,13-14H2,1-2H3;1H. The summed E-state index contributed by atoms with van der Waals surface area (Å²) in [6.45, 7) is 0. The molecule has 0 amide bonds. The summed E-state index contributed by atoms with van der Waals surface area (Å²) in [6, 6.07) is 22.0. The zero-order chi connectivity index (χ0) is 12.8. The van der Waals surface area contributed by atoms with Crippen LogP contribution in [0.5, 0.6) is 0 Å². The van der Waals surface area contributed by atoms with Crippen molar-refractivity contribution < 1.29 is 0 Å². The molecule has 1 atom stereocenters. The van der Waals surface area contributed by atoms with Crippen molar-refractivity contribution in [2.45, 2.75) is 18.9 Å². The maximum atomic E-state index is 2.30. The van der Waals surface area contributed by atoms with Crippen molar-refractivity contribution in [3.8, 4) is 0 Å². The lowest BCUT2D eigenvalue weighted by Gasteiger charge is -2.24. The predicted octanol–water partition coefficient (Wildman–Crippen LogP) is 4.34. The van der Waals surface area contributed by atoms with E-state index in [-0.39, 0.29) is 12.4 Å². The smallest absolute Gasteiger partial charge is 0.0345 e. The summed E-state index contributed by atoms with van der Waals surface area (Å²) in [6.07, 6.45) is 2.28. The lowest BCUT2D eigenvalue weighted by atomic mass is 9.98. The monoisotopic (exact) mass is 275 g/mol. The molecule has 0 radical (unpaired) electrons. The number of hydrogen-bond acceptors (Lipinski definition) is 1. The van der Waals surface area contributed by atoms with Crippen LogP contribution in [0.4, 0.5) is 0 Å². The Labute approximate surface area is 122 Å². The Bertz CT molecular complexity index is 453. The van der Waals surface area contributed by atoms with Gasteiger partial charge in [0.1, 0.15) is 0 Å². The predicted molar refractivity (Wildman–Crippen MR) is 84.9 cm³/mol. The molecular weight excluding hydrogens is 254 g/mol. The van der Waals surface area contributed by atoms with Crippen LogP contribution in [-0.2, 0) is 6.42 Å². The molecule has 1 nitrogen and oxygen atoms in total. The summed E-state index contributed by atoms with van der Waals surface area (Å²) in [7, 11) is 4.31. The third-order valence-electron chi connectivity index (χ3n) is 3.36. The molecule has 0 N–H and O–H groups in total. The highest BCUT2D eigenvalue weighted by molar-refractivity contribution is 5.85. The van der Waals surface area contributed by atoms with Crippen LogP contribution in [0.15, 0.2) is 60.7 Å². The Balaban J connectivity index is 0.00000180. The molecule has 102 valence electrons. The molecule has 0 aliphatic heterocycles. The lowest BCUT2D eigenvalue weighted by molar-refractivity contribution is 0.284. The second-order valence-electron chi connectivity index (χ2n) is 4.91. The fraction of sp³-hybridized carbons (Fsp3) is 0.294. The molecular formula is C17H22ClN. The average molecular weight is 276 g/mol. The van der Waals surface area contributed by atoms with Crippen molar-refractivity contribution in [2.75, 3.05) is 14.1 Å². The van der Waals surface area contributed by atoms with Crippen LogP contribution in [0.1, 0.15) is 23.6 Å². The Morgan fingerprint density at radius 2 is 1.37 bits per heavy atom. The van der Waals surface area contributed by atoms with Gasteiger partial charge in [0.15, 0.2) is 0 Å². The molecule has 0 heterocycles. The van der Waals surface area contributed by atoms with Gasteiger partial charge in [0, 0.05) is 6.04 Å². The van der Waals surface area contributed by atoms with Gasteiger partial charge in [-0.15, -0.1) is 12.4 Å². The van der Waals surface area contributed by atoms with Crippen molar-refractivity contribution >= 4 is 12.4 Å². The Kier molecular flexibility index (Phi) is 6.61. The maximum absolute atomic E-state index is 2.30. The first kappa shape index (κ1) is 15.7. The fourth-order valence-electron chi connectivity index (χ4n) is 2.35. The molecule has 2 aromatic carbocycles. The number of halogens is 1. The molecule has 0 aliphatic carbocycles. The SMILES string of the molecule is CN(C)C(CCc1ccccc1)c1ccccc1.Cl. The van der Waals surface area contributed by atoms with Crippen molar-refractivity contribution in [3.63, 3.8) is 0 Å². The molecule has 0 saturated carbocycles. The number of rotatable bonds is 5. The molecule has 19 heavy (non-hydrogen) atoms. The molecule has 0 aliphatic rings. The zero-order valence-corrected chi connectivity index (χ0v) is 12.4. The highest BCUT2D eigenvalue weighted by Crippen LogP contribution is 2.23. The van der Waals surface area contributed by atoms with Gasteiger partial charge in [0.25, 0.3) is 0 Å². The van der Waals surface area contributed by atoms with E-state index < -0.39 is 0 Å². The first-order valence-electron chi connectivity index (χ1n) is 6.52. The Hall–Kier alpha value is -1.31. The van der Waals surface area contributed by atoms with Crippen molar-refractivity contribution in [3.05, 3.63) is 71.8 Å². The van der Waals surface area contributed by atoms with E-state index in [0.717, 1.165) is 12.8 Å². The number of nitrogens with zero attached hydrogens (tertiary/aromatic N) is 1. The largest absolute Gasteiger partial charge is 0.302 e. The van der Waals surface area contributed by atoms with Gasteiger partial charge in [0.2, 0.25) is 0 Å². The van der Waals surface area contributed by atoms with Crippen molar-refractivity contribution in [1.29, 1.82) is 0 Å².